The van der Waals surface area contributed by atoms with Gasteiger partial charge in [-0.05, 0) is 36.4 Å². The van der Waals surface area contributed by atoms with Gasteiger partial charge in [0.1, 0.15) is 23.0 Å². The van der Waals surface area contributed by atoms with E-state index in [-0.39, 0.29) is 39.7 Å². The zero-order valence-electron chi connectivity index (χ0n) is 14.2. The third-order valence-corrected chi connectivity index (χ3v) is 5.02. The number of benzene rings is 3. The van der Waals surface area contributed by atoms with Crippen molar-refractivity contribution in [3.8, 4) is 23.0 Å². The third kappa shape index (κ3) is 1.92. The fraction of sp³-hybridized carbons (Fsp3) is 0.0476. The van der Waals surface area contributed by atoms with Crippen LogP contribution in [0, 0.1) is 0 Å². The third-order valence-electron chi connectivity index (χ3n) is 5.02. The first kappa shape index (κ1) is 16.2. The average Bonchev–Trinajstić information content (AvgIpc) is 2.95. The Bertz CT molecular complexity index is 1140. The van der Waals surface area contributed by atoms with Crippen molar-refractivity contribution in [3.63, 3.8) is 0 Å². The molecule has 138 valence electrons. The summed E-state index contributed by atoms with van der Waals surface area (Å²) in [6.07, 6.45) is 0. The van der Waals surface area contributed by atoms with Crippen molar-refractivity contribution < 1.29 is 34.4 Å². The number of ether oxygens (including phenoxy) is 2. The minimum Gasteiger partial charge on any atom is -0.508 e. The van der Waals surface area contributed by atoms with Crippen LogP contribution in [0.4, 0.5) is 0 Å². The van der Waals surface area contributed by atoms with Crippen LogP contribution >= 0.6 is 0 Å². The van der Waals surface area contributed by atoms with Crippen LogP contribution in [0.25, 0.3) is 0 Å². The van der Waals surface area contributed by atoms with E-state index in [0.717, 1.165) is 0 Å². The van der Waals surface area contributed by atoms with Crippen LogP contribution in [0.1, 0.15) is 37.4 Å². The van der Waals surface area contributed by atoms with Crippen LogP contribution in [0.15, 0.2) is 54.6 Å². The molecule has 3 aromatic carbocycles. The van der Waals surface area contributed by atoms with Gasteiger partial charge in [-0.1, -0.05) is 6.07 Å². The normalized spacial score (nSPS) is 15.2. The number of hydrogen-bond acceptors (Lipinski definition) is 6. The molecule has 5 rings (SSSR count). The molecule has 0 amide bonds. The highest BCUT2D eigenvalue weighted by Gasteiger charge is 2.55. The molecule has 0 aliphatic carbocycles. The number of carbonyl (C=O) groups is 2. The molecule has 0 saturated carbocycles. The van der Waals surface area contributed by atoms with Gasteiger partial charge >= 0.3 is 11.9 Å². The summed E-state index contributed by atoms with van der Waals surface area (Å²) in [6, 6.07) is 13.0. The number of carbonyl (C=O) groups excluding carboxylic acids is 1. The van der Waals surface area contributed by atoms with Gasteiger partial charge in [-0.25, -0.2) is 9.59 Å². The van der Waals surface area contributed by atoms with Gasteiger partial charge < -0.3 is 24.8 Å². The molecule has 0 unspecified atom stereocenters. The number of fused-ring (bicyclic) bond motifs is 6. The van der Waals surface area contributed by atoms with Gasteiger partial charge in [0.15, 0.2) is 5.60 Å². The molecule has 3 N–H and O–H groups in total. The van der Waals surface area contributed by atoms with Crippen molar-refractivity contribution in [1.82, 2.24) is 0 Å². The number of rotatable bonds is 1. The van der Waals surface area contributed by atoms with Gasteiger partial charge in [0, 0.05) is 28.8 Å². The van der Waals surface area contributed by atoms with Gasteiger partial charge in [-0.3, -0.25) is 0 Å². The Balaban J connectivity index is 1.95. The molecule has 0 bridgehead atoms. The second-order valence-electron chi connectivity index (χ2n) is 6.57. The molecule has 7 heteroatoms. The maximum absolute atomic E-state index is 12.7. The molecule has 2 aliphatic heterocycles. The van der Waals surface area contributed by atoms with Crippen LogP contribution in [0.5, 0.6) is 23.0 Å². The van der Waals surface area contributed by atoms with E-state index >= 15 is 0 Å². The first-order valence-corrected chi connectivity index (χ1v) is 8.37. The van der Waals surface area contributed by atoms with Crippen molar-refractivity contribution in [2.24, 2.45) is 0 Å². The van der Waals surface area contributed by atoms with Gasteiger partial charge in [0.25, 0.3) is 0 Å². The average molecular weight is 376 g/mol. The summed E-state index contributed by atoms with van der Waals surface area (Å²) in [5, 5.41) is 29.5. The zero-order chi connectivity index (χ0) is 19.6. The van der Waals surface area contributed by atoms with Gasteiger partial charge in [-0.15, -0.1) is 0 Å². The number of hydrogen-bond donors (Lipinski definition) is 3. The maximum Gasteiger partial charge on any atom is 0.340 e. The minimum atomic E-state index is -1.58. The highest BCUT2D eigenvalue weighted by atomic mass is 16.6. The molecule has 2 aliphatic rings. The fourth-order valence-electron chi connectivity index (χ4n) is 3.94. The summed E-state index contributed by atoms with van der Waals surface area (Å²) in [7, 11) is 0. The topological polar surface area (TPSA) is 113 Å². The lowest BCUT2D eigenvalue weighted by atomic mass is 9.76. The maximum atomic E-state index is 12.7. The van der Waals surface area contributed by atoms with E-state index in [2.05, 4.69) is 0 Å². The summed E-state index contributed by atoms with van der Waals surface area (Å²) in [6.45, 7) is 0. The fourth-order valence-corrected chi connectivity index (χ4v) is 3.94. The Morgan fingerprint density at radius 2 is 1.50 bits per heavy atom. The van der Waals surface area contributed by atoms with E-state index < -0.39 is 17.5 Å². The molecule has 0 aromatic heterocycles. The lowest BCUT2D eigenvalue weighted by Gasteiger charge is -2.37. The van der Waals surface area contributed by atoms with Crippen molar-refractivity contribution in [3.05, 3.63) is 82.4 Å². The van der Waals surface area contributed by atoms with Crippen molar-refractivity contribution in [2.75, 3.05) is 0 Å². The molecule has 3 aromatic rings. The Morgan fingerprint density at radius 3 is 2.07 bits per heavy atom. The molecule has 2 heterocycles. The number of aromatic carboxylic acids is 1. The second-order valence-corrected chi connectivity index (χ2v) is 6.57. The largest absolute Gasteiger partial charge is 0.508 e. The van der Waals surface area contributed by atoms with Crippen LogP contribution in [-0.2, 0) is 10.3 Å². The lowest BCUT2D eigenvalue weighted by Crippen LogP contribution is -2.34. The Labute approximate surface area is 158 Å². The van der Waals surface area contributed by atoms with Crippen molar-refractivity contribution in [2.45, 2.75) is 5.60 Å². The molecule has 1 spiro atoms. The predicted octanol–water partition coefficient (Wildman–Crippen LogP) is 3.36. The molecule has 7 nitrogen and oxygen atoms in total. The van der Waals surface area contributed by atoms with Crippen LogP contribution < -0.4 is 4.74 Å². The van der Waals surface area contributed by atoms with Gasteiger partial charge in [0.05, 0.1) is 11.1 Å². The number of esters is 1. The predicted molar refractivity (Wildman–Crippen MR) is 95.0 cm³/mol. The van der Waals surface area contributed by atoms with Gasteiger partial charge in [-0.2, -0.15) is 0 Å². The molecule has 0 atom stereocenters. The summed E-state index contributed by atoms with van der Waals surface area (Å²) < 4.78 is 11.7. The molecule has 28 heavy (non-hydrogen) atoms. The van der Waals surface area contributed by atoms with Crippen LogP contribution in [-0.4, -0.2) is 27.3 Å². The number of carboxylic acid groups (broad SMARTS) is 1. The zero-order valence-corrected chi connectivity index (χ0v) is 14.2. The second kappa shape index (κ2) is 5.26. The lowest BCUT2D eigenvalue weighted by molar-refractivity contribution is 0.0218. The van der Waals surface area contributed by atoms with E-state index in [0.29, 0.717) is 11.1 Å². The number of phenols is 2. The highest BCUT2D eigenvalue weighted by Crippen LogP contribution is 2.57. The molecular formula is C21H12O7. The first-order valence-electron chi connectivity index (χ1n) is 8.37. The monoisotopic (exact) mass is 376 g/mol. The number of phenolic OH excluding ortho intramolecular Hbond substituents is 2. The summed E-state index contributed by atoms with van der Waals surface area (Å²) in [4.78, 5) is 24.7. The SMILES string of the molecule is O=C(O)c1cccc2c1C1(OC2=O)c2ccc(O)cc2Oc2cc(O)ccc21. The Hall–Kier alpha value is -4.00. The van der Waals surface area contributed by atoms with E-state index in [9.17, 15) is 24.9 Å². The molecule has 0 fully saturated rings. The molecular weight excluding hydrogens is 364 g/mol. The Morgan fingerprint density at radius 1 is 0.893 bits per heavy atom. The quantitative estimate of drug-likeness (QED) is 0.558. The minimum absolute atomic E-state index is 0.0754. The summed E-state index contributed by atoms with van der Waals surface area (Å²) in [5.74, 6) is -1.64. The summed E-state index contributed by atoms with van der Waals surface area (Å²) in [5.41, 5.74) is -0.572. The van der Waals surface area contributed by atoms with Crippen LogP contribution in [0.2, 0.25) is 0 Å². The van der Waals surface area contributed by atoms with E-state index in [1.807, 2.05) is 0 Å². The van der Waals surface area contributed by atoms with Gasteiger partial charge in [0.2, 0.25) is 0 Å². The summed E-state index contributed by atoms with van der Waals surface area (Å²) >= 11 is 0. The molecule has 0 saturated heterocycles. The first-order chi connectivity index (χ1) is 13.4. The van der Waals surface area contributed by atoms with Crippen molar-refractivity contribution in [1.29, 1.82) is 0 Å². The highest BCUT2D eigenvalue weighted by molar-refractivity contribution is 6.02. The van der Waals surface area contributed by atoms with E-state index in [4.69, 9.17) is 9.47 Å². The van der Waals surface area contributed by atoms with E-state index in [1.165, 1.54) is 54.6 Å². The van der Waals surface area contributed by atoms with Crippen LogP contribution in [0.3, 0.4) is 0 Å². The van der Waals surface area contributed by atoms with E-state index in [1.54, 1.807) is 0 Å². The standard InChI is InChI=1S/C21H12O7/c22-10-4-6-14-16(8-10)27-17-9-11(23)5-7-15(17)21(14)18-12(19(24)25)2-1-3-13(18)20(26)28-21/h1-9,22-23H,(H,24,25). The number of carboxylic acids is 1. The Kier molecular flexibility index (Phi) is 3.04. The molecule has 0 radical (unpaired) electrons. The number of aromatic hydroxyl groups is 2. The smallest absolute Gasteiger partial charge is 0.340 e. The van der Waals surface area contributed by atoms with Crippen molar-refractivity contribution >= 4 is 11.9 Å².